The maximum atomic E-state index is 11.8. The normalized spacial score (nSPS) is 21.4. The molecule has 0 heterocycles. The van der Waals surface area contributed by atoms with Crippen LogP contribution < -0.4 is 5.32 Å². The van der Waals surface area contributed by atoms with Crippen molar-refractivity contribution in [1.29, 1.82) is 0 Å². The van der Waals surface area contributed by atoms with E-state index in [-0.39, 0.29) is 12.5 Å². The van der Waals surface area contributed by atoms with Gasteiger partial charge in [0.2, 0.25) is 5.91 Å². The first-order valence-corrected chi connectivity index (χ1v) is 8.85. The lowest BCUT2D eigenvalue weighted by Gasteiger charge is -2.17. The minimum Gasteiger partial charge on any atom is -0.396 e. The molecule has 0 bridgehead atoms. The van der Waals surface area contributed by atoms with Gasteiger partial charge in [0, 0.05) is 18.9 Å². The molecule has 2 rings (SSSR count). The van der Waals surface area contributed by atoms with Crippen molar-refractivity contribution in [2.24, 2.45) is 11.8 Å². The number of hydrogen-bond donors (Lipinski definition) is 2. The van der Waals surface area contributed by atoms with E-state index < -0.39 is 0 Å². The van der Waals surface area contributed by atoms with Crippen molar-refractivity contribution in [3.8, 4) is 0 Å². The number of amides is 1. The van der Waals surface area contributed by atoms with Gasteiger partial charge in [-0.15, -0.1) is 11.8 Å². The Morgan fingerprint density at radius 2 is 2.00 bits per heavy atom. The summed E-state index contributed by atoms with van der Waals surface area (Å²) < 4.78 is 0. The van der Waals surface area contributed by atoms with E-state index in [0.29, 0.717) is 17.6 Å². The van der Waals surface area contributed by atoms with Crippen LogP contribution in [0.2, 0.25) is 0 Å². The second kappa shape index (κ2) is 8.44. The highest BCUT2D eigenvalue weighted by Crippen LogP contribution is 2.30. The second-order valence-corrected chi connectivity index (χ2v) is 6.90. The lowest BCUT2D eigenvalue weighted by atomic mass is 9.97. The Balaban J connectivity index is 1.62. The quantitative estimate of drug-likeness (QED) is 0.814. The fraction of sp³-hybridized carbons (Fsp3) is 0.588. The first kappa shape index (κ1) is 16.4. The fourth-order valence-corrected chi connectivity index (χ4v) is 3.68. The summed E-state index contributed by atoms with van der Waals surface area (Å²) in [6.07, 6.45) is 3.40. The number of aryl methyl sites for hydroxylation is 1. The first-order chi connectivity index (χ1) is 10.2. The van der Waals surface area contributed by atoms with Gasteiger partial charge in [-0.25, -0.2) is 0 Å². The molecule has 1 amide bonds. The number of rotatable bonds is 7. The zero-order valence-corrected chi connectivity index (χ0v) is 13.5. The maximum Gasteiger partial charge on any atom is 0.230 e. The number of aliphatic hydroxyl groups excluding tert-OH is 1. The third-order valence-electron chi connectivity index (χ3n) is 4.23. The number of carbonyl (C=O) groups is 1. The van der Waals surface area contributed by atoms with Crippen LogP contribution >= 0.6 is 11.8 Å². The number of thioether (sulfide) groups is 1. The second-order valence-electron chi connectivity index (χ2n) is 5.92. The Kier molecular flexibility index (Phi) is 6.58. The molecule has 0 spiro atoms. The van der Waals surface area contributed by atoms with Crippen molar-refractivity contribution in [3.63, 3.8) is 0 Å². The minimum atomic E-state index is 0.107. The average molecular weight is 307 g/mol. The van der Waals surface area contributed by atoms with Crippen LogP contribution in [0.5, 0.6) is 0 Å². The van der Waals surface area contributed by atoms with E-state index in [4.69, 9.17) is 0 Å². The molecule has 1 fully saturated rings. The third kappa shape index (κ3) is 5.36. The molecule has 116 valence electrons. The summed E-state index contributed by atoms with van der Waals surface area (Å²) in [6, 6.07) is 8.44. The molecule has 0 radical (unpaired) electrons. The van der Waals surface area contributed by atoms with Gasteiger partial charge in [-0.2, -0.15) is 0 Å². The summed E-state index contributed by atoms with van der Waals surface area (Å²) in [5, 5.41) is 12.3. The molecule has 4 heteroatoms. The van der Waals surface area contributed by atoms with Crippen LogP contribution in [0.25, 0.3) is 0 Å². The van der Waals surface area contributed by atoms with E-state index in [1.54, 1.807) is 11.8 Å². The zero-order valence-electron chi connectivity index (χ0n) is 12.7. The highest BCUT2D eigenvalue weighted by Gasteiger charge is 2.26. The van der Waals surface area contributed by atoms with E-state index in [1.807, 2.05) is 0 Å². The summed E-state index contributed by atoms with van der Waals surface area (Å²) >= 11 is 1.65. The Morgan fingerprint density at radius 3 is 2.71 bits per heavy atom. The Labute approximate surface area is 131 Å². The molecule has 1 aliphatic carbocycles. The average Bonchev–Trinajstić information content (AvgIpc) is 2.95. The van der Waals surface area contributed by atoms with E-state index in [9.17, 15) is 9.90 Å². The van der Waals surface area contributed by atoms with Crippen LogP contribution in [0.3, 0.4) is 0 Å². The largest absolute Gasteiger partial charge is 0.396 e. The van der Waals surface area contributed by atoms with Crippen molar-refractivity contribution < 1.29 is 9.90 Å². The third-order valence-corrected chi connectivity index (χ3v) is 5.24. The van der Waals surface area contributed by atoms with E-state index in [0.717, 1.165) is 25.1 Å². The molecule has 0 aromatic heterocycles. The number of nitrogens with one attached hydrogen (secondary N) is 1. The van der Waals surface area contributed by atoms with Crippen LogP contribution in [-0.4, -0.2) is 29.9 Å². The van der Waals surface area contributed by atoms with Crippen LogP contribution in [-0.2, 0) is 10.5 Å². The van der Waals surface area contributed by atoms with Gasteiger partial charge in [0.05, 0.1) is 5.75 Å². The van der Waals surface area contributed by atoms with Gasteiger partial charge < -0.3 is 10.4 Å². The van der Waals surface area contributed by atoms with Gasteiger partial charge in [-0.05, 0) is 37.2 Å². The highest BCUT2D eigenvalue weighted by atomic mass is 32.2. The molecule has 1 saturated carbocycles. The zero-order chi connectivity index (χ0) is 15.1. The van der Waals surface area contributed by atoms with Gasteiger partial charge in [-0.3, -0.25) is 4.79 Å². The number of benzene rings is 1. The minimum absolute atomic E-state index is 0.107. The van der Waals surface area contributed by atoms with Gasteiger partial charge in [0.1, 0.15) is 0 Å². The predicted molar refractivity (Wildman–Crippen MR) is 88.3 cm³/mol. The maximum absolute atomic E-state index is 11.8. The molecule has 21 heavy (non-hydrogen) atoms. The van der Waals surface area contributed by atoms with Gasteiger partial charge >= 0.3 is 0 Å². The summed E-state index contributed by atoms with van der Waals surface area (Å²) in [5.74, 6) is 2.32. The molecule has 2 atom stereocenters. The van der Waals surface area contributed by atoms with Crippen LogP contribution in [0.4, 0.5) is 0 Å². The molecule has 2 unspecified atom stereocenters. The van der Waals surface area contributed by atoms with Crippen molar-refractivity contribution in [2.75, 3.05) is 18.9 Å². The standard InChI is InChI=1S/C17H25NO2S/c1-13-5-7-14(8-6-13)11-21-12-17(20)18-9-15-3-2-4-16(15)10-19/h5-8,15-16,19H,2-4,9-12H2,1H3,(H,18,20). The number of carbonyl (C=O) groups excluding carboxylic acids is 1. The SMILES string of the molecule is Cc1ccc(CSCC(=O)NCC2CCCC2CO)cc1. The topological polar surface area (TPSA) is 49.3 Å². The molecule has 3 nitrogen and oxygen atoms in total. The molecular formula is C17H25NO2S. The molecule has 2 N–H and O–H groups in total. The van der Waals surface area contributed by atoms with Crippen LogP contribution in [0, 0.1) is 18.8 Å². The molecule has 1 aromatic rings. The molecular weight excluding hydrogens is 282 g/mol. The van der Waals surface area contributed by atoms with Crippen molar-refractivity contribution in [1.82, 2.24) is 5.32 Å². The Morgan fingerprint density at radius 1 is 1.29 bits per heavy atom. The first-order valence-electron chi connectivity index (χ1n) is 7.70. The smallest absolute Gasteiger partial charge is 0.230 e. The van der Waals surface area contributed by atoms with Crippen LogP contribution in [0.15, 0.2) is 24.3 Å². The summed E-state index contributed by atoms with van der Waals surface area (Å²) in [7, 11) is 0. The highest BCUT2D eigenvalue weighted by molar-refractivity contribution is 7.99. The van der Waals surface area contributed by atoms with Gasteiger partial charge in [0.15, 0.2) is 0 Å². The predicted octanol–water partition coefficient (Wildman–Crippen LogP) is 2.75. The number of hydrogen-bond acceptors (Lipinski definition) is 3. The van der Waals surface area contributed by atoms with E-state index >= 15 is 0 Å². The Hall–Kier alpha value is -1.00. The molecule has 0 aliphatic heterocycles. The lowest BCUT2D eigenvalue weighted by molar-refractivity contribution is -0.118. The summed E-state index contributed by atoms with van der Waals surface area (Å²) in [5.41, 5.74) is 2.52. The summed E-state index contributed by atoms with van der Waals surface area (Å²) in [4.78, 5) is 11.8. The van der Waals surface area contributed by atoms with E-state index in [2.05, 4.69) is 36.5 Å². The van der Waals surface area contributed by atoms with E-state index in [1.165, 1.54) is 17.5 Å². The summed E-state index contributed by atoms with van der Waals surface area (Å²) in [6.45, 7) is 3.05. The van der Waals surface area contributed by atoms with Crippen molar-refractivity contribution >= 4 is 17.7 Å². The molecule has 0 saturated heterocycles. The lowest BCUT2D eigenvalue weighted by Crippen LogP contribution is -2.32. The Bertz CT molecular complexity index is 447. The fourth-order valence-electron chi connectivity index (χ4n) is 2.86. The van der Waals surface area contributed by atoms with Gasteiger partial charge in [0.25, 0.3) is 0 Å². The molecule has 1 aromatic carbocycles. The van der Waals surface area contributed by atoms with Crippen molar-refractivity contribution in [3.05, 3.63) is 35.4 Å². The van der Waals surface area contributed by atoms with Crippen LogP contribution in [0.1, 0.15) is 30.4 Å². The van der Waals surface area contributed by atoms with Crippen molar-refractivity contribution in [2.45, 2.75) is 31.9 Å². The monoisotopic (exact) mass is 307 g/mol. The molecule has 1 aliphatic rings. The number of aliphatic hydroxyl groups is 1. The van der Waals surface area contributed by atoms with Gasteiger partial charge in [-0.1, -0.05) is 36.2 Å².